The molecule has 0 aromatic carbocycles. The van der Waals surface area contributed by atoms with E-state index in [2.05, 4.69) is 13.8 Å². The number of rotatable bonds is 0. The quantitative estimate of drug-likeness (QED) is 0.723. The van der Waals surface area contributed by atoms with Crippen LogP contribution in [0.15, 0.2) is 11.6 Å². The summed E-state index contributed by atoms with van der Waals surface area (Å²) in [6.07, 6.45) is 7.56. The van der Waals surface area contributed by atoms with Crippen LogP contribution in [0.2, 0.25) is 0 Å². The van der Waals surface area contributed by atoms with Crippen LogP contribution < -0.4 is 0 Å². The molecule has 0 aromatic heterocycles. The highest BCUT2D eigenvalue weighted by Gasteiger charge is 2.61. The number of ketones is 1. The van der Waals surface area contributed by atoms with Crippen molar-refractivity contribution in [2.75, 3.05) is 0 Å². The average Bonchev–Trinajstić information content (AvgIpc) is 2.75. The van der Waals surface area contributed by atoms with Gasteiger partial charge >= 0.3 is 0 Å². The molecule has 0 aliphatic heterocycles. The molecule has 3 saturated carbocycles. The number of aliphatic hydroxyl groups excluding tert-OH is 2. The summed E-state index contributed by atoms with van der Waals surface area (Å²) in [7, 11) is 0. The van der Waals surface area contributed by atoms with Crippen LogP contribution >= 0.6 is 0 Å². The Morgan fingerprint density at radius 1 is 1.14 bits per heavy atom. The molecule has 0 aromatic rings. The fourth-order valence-corrected chi connectivity index (χ4v) is 6.66. The standard InChI is InChI=1S/C19H28O3/c1-18-8-7-12(20)9-11(18)3-4-13-14-5-6-16(22)19(14,2)10-15(21)17(13)18/h9,13-17,21-22H,3-8,10H2,1-2H3/t13-,14?,15-,16-,17?,18-,19-/m0/s1. The summed E-state index contributed by atoms with van der Waals surface area (Å²) < 4.78 is 0. The molecule has 0 bridgehead atoms. The minimum Gasteiger partial charge on any atom is -0.393 e. The van der Waals surface area contributed by atoms with E-state index in [9.17, 15) is 15.0 Å². The second kappa shape index (κ2) is 4.67. The molecule has 22 heavy (non-hydrogen) atoms. The van der Waals surface area contributed by atoms with E-state index in [-0.39, 0.29) is 34.7 Å². The van der Waals surface area contributed by atoms with Gasteiger partial charge < -0.3 is 10.2 Å². The number of carbonyl (C=O) groups is 1. The minimum absolute atomic E-state index is 0.00881. The number of hydrogen-bond donors (Lipinski definition) is 2. The van der Waals surface area contributed by atoms with Crippen LogP contribution in [0.1, 0.15) is 58.8 Å². The molecule has 7 atom stereocenters. The summed E-state index contributed by atoms with van der Waals surface area (Å²) in [6.45, 7) is 4.46. The summed E-state index contributed by atoms with van der Waals surface area (Å²) in [6, 6.07) is 0. The molecule has 4 rings (SSSR count). The van der Waals surface area contributed by atoms with Crippen molar-refractivity contribution in [2.45, 2.75) is 71.0 Å². The van der Waals surface area contributed by atoms with Crippen LogP contribution in [0.3, 0.4) is 0 Å². The van der Waals surface area contributed by atoms with Crippen molar-refractivity contribution in [1.82, 2.24) is 0 Å². The van der Waals surface area contributed by atoms with Gasteiger partial charge in [0.2, 0.25) is 0 Å². The Kier molecular flexibility index (Phi) is 3.16. The average molecular weight is 304 g/mol. The smallest absolute Gasteiger partial charge is 0.155 e. The molecule has 122 valence electrons. The van der Waals surface area contributed by atoms with Crippen molar-refractivity contribution in [3.63, 3.8) is 0 Å². The molecule has 0 spiro atoms. The minimum atomic E-state index is -0.346. The molecule has 0 heterocycles. The maximum Gasteiger partial charge on any atom is 0.155 e. The van der Waals surface area contributed by atoms with Gasteiger partial charge in [0.15, 0.2) is 5.78 Å². The maximum absolute atomic E-state index is 11.8. The second-order valence-corrected chi connectivity index (χ2v) is 8.76. The Bertz CT molecular complexity index is 539. The Hall–Kier alpha value is -0.670. The van der Waals surface area contributed by atoms with Crippen LogP contribution in [-0.2, 0) is 4.79 Å². The van der Waals surface area contributed by atoms with E-state index in [0.29, 0.717) is 18.3 Å². The van der Waals surface area contributed by atoms with Crippen LogP contribution in [0.4, 0.5) is 0 Å². The fraction of sp³-hybridized carbons (Fsp3) is 0.842. The van der Waals surface area contributed by atoms with Crippen molar-refractivity contribution in [3.8, 4) is 0 Å². The molecule has 3 nitrogen and oxygen atoms in total. The molecule has 4 aliphatic carbocycles. The zero-order valence-electron chi connectivity index (χ0n) is 13.7. The summed E-state index contributed by atoms with van der Waals surface area (Å²) in [5, 5.41) is 21.4. The van der Waals surface area contributed by atoms with E-state index in [1.807, 2.05) is 6.08 Å². The molecular weight excluding hydrogens is 276 g/mol. The Morgan fingerprint density at radius 3 is 2.68 bits per heavy atom. The largest absolute Gasteiger partial charge is 0.393 e. The van der Waals surface area contributed by atoms with E-state index in [4.69, 9.17) is 0 Å². The molecule has 3 fully saturated rings. The van der Waals surface area contributed by atoms with Gasteiger partial charge in [-0.2, -0.15) is 0 Å². The van der Waals surface area contributed by atoms with E-state index in [0.717, 1.165) is 38.5 Å². The van der Waals surface area contributed by atoms with Gasteiger partial charge in [0.1, 0.15) is 0 Å². The number of hydrogen-bond acceptors (Lipinski definition) is 3. The zero-order chi connectivity index (χ0) is 15.7. The fourth-order valence-electron chi connectivity index (χ4n) is 6.66. The SMILES string of the molecule is C[C@]12CCC(=O)C=C1CC[C@@H]1C2[C@@H](O)C[C@@]2(C)C1CC[C@@H]2O. The molecule has 4 aliphatic rings. The lowest BCUT2D eigenvalue weighted by Crippen LogP contribution is -2.57. The van der Waals surface area contributed by atoms with Gasteiger partial charge in [-0.05, 0) is 73.2 Å². The monoisotopic (exact) mass is 304 g/mol. The van der Waals surface area contributed by atoms with Gasteiger partial charge in [-0.1, -0.05) is 19.4 Å². The summed E-state index contributed by atoms with van der Waals surface area (Å²) >= 11 is 0. The Labute approximate surface area is 132 Å². The third-order valence-electron chi connectivity index (χ3n) is 7.84. The first kappa shape index (κ1) is 14.9. The van der Waals surface area contributed by atoms with Crippen molar-refractivity contribution < 1.29 is 15.0 Å². The highest BCUT2D eigenvalue weighted by molar-refractivity contribution is 5.91. The lowest BCUT2D eigenvalue weighted by molar-refractivity contribution is -0.142. The van der Waals surface area contributed by atoms with Gasteiger partial charge in [0, 0.05) is 6.42 Å². The van der Waals surface area contributed by atoms with Crippen LogP contribution in [-0.4, -0.2) is 28.2 Å². The molecule has 0 amide bonds. The highest BCUT2D eigenvalue weighted by Crippen LogP contribution is 2.65. The van der Waals surface area contributed by atoms with Gasteiger partial charge in [-0.15, -0.1) is 0 Å². The lowest BCUT2D eigenvalue weighted by atomic mass is 9.46. The summed E-state index contributed by atoms with van der Waals surface area (Å²) in [4.78, 5) is 11.8. The second-order valence-electron chi connectivity index (χ2n) is 8.76. The van der Waals surface area contributed by atoms with Gasteiger partial charge in [0.05, 0.1) is 12.2 Å². The number of allylic oxidation sites excluding steroid dienone is 1. The molecule has 3 heteroatoms. The van der Waals surface area contributed by atoms with E-state index in [1.165, 1.54) is 5.57 Å². The topological polar surface area (TPSA) is 57.5 Å². The van der Waals surface area contributed by atoms with E-state index >= 15 is 0 Å². The highest BCUT2D eigenvalue weighted by atomic mass is 16.3. The Balaban J connectivity index is 1.74. The van der Waals surface area contributed by atoms with Gasteiger partial charge in [-0.25, -0.2) is 0 Å². The number of aliphatic hydroxyl groups is 2. The predicted molar refractivity (Wildman–Crippen MR) is 84.1 cm³/mol. The van der Waals surface area contributed by atoms with Crippen molar-refractivity contribution in [3.05, 3.63) is 11.6 Å². The summed E-state index contributed by atoms with van der Waals surface area (Å²) in [5.41, 5.74) is 1.17. The molecular formula is C19H28O3. The molecule has 2 unspecified atom stereocenters. The van der Waals surface area contributed by atoms with Gasteiger partial charge in [0.25, 0.3) is 0 Å². The Morgan fingerprint density at radius 2 is 1.91 bits per heavy atom. The first-order valence-corrected chi connectivity index (χ1v) is 8.96. The lowest BCUT2D eigenvalue weighted by Gasteiger charge is -2.59. The molecule has 0 radical (unpaired) electrons. The predicted octanol–water partition coefficient (Wildman–Crippen LogP) is 2.85. The summed E-state index contributed by atoms with van der Waals surface area (Å²) in [5.74, 6) is 1.56. The van der Waals surface area contributed by atoms with Crippen LogP contribution in [0, 0.1) is 28.6 Å². The third-order valence-corrected chi connectivity index (χ3v) is 7.84. The van der Waals surface area contributed by atoms with E-state index < -0.39 is 0 Å². The van der Waals surface area contributed by atoms with Crippen LogP contribution in [0.25, 0.3) is 0 Å². The van der Waals surface area contributed by atoms with Crippen LogP contribution in [0.5, 0.6) is 0 Å². The van der Waals surface area contributed by atoms with Gasteiger partial charge in [-0.3, -0.25) is 4.79 Å². The van der Waals surface area contributed by atoms with Crippen molar-refractivity contribution in [2.24, 2.45) is 28.6 Å². The zero-order valence-corrected chi connectivity index (χ0v) is 13.7. The van der Waals surface area contributed by atoms with Crippen molar-refractivity contribution in [1.29, 1.82) is 0 Å². The third kappa shape index (κ3) is 1.78. The first-order chi connectivity index (χ1) is 10.4. The van der Waals surface area contributed by atoms with E-state index in [1.54, 1.807) is 0 Å². The number of carbonyl (C=O) groups excluding carboxylic acids is 1. The van der Waals surface area contributed by atoms with Crippen molar-refractivity contribution >= 4 is 5.78 Å². The maximum atomic E-state index is 11.8. The molecule has 2 N–H and O–H groups in total. The number of fused-ring (bicyclic) bond motifs is 5. The first-order valence-electron chi connectivity index (χ1n) is 8.96. The normalized spacial score (nSPS) is 54.3. The molecule has 0 saturated heterocycles.